The Hall–Kier alpha value is -2.27. The maximum Gasteiger partial charge on any atom is 0.228 e. The average Bonchev–Trinajstić information content (AvgIpc) is 2.71. The summed E-state index contributed by atoms with van der Waals surface area (Å²) in [5.74, 6) is 0.969. The number of carbonyl (C=O) groups excluding carboxylic acids is 1. The van der Waals surface area contributed by atoms with Crippen molar-refractivity contribution in [2.75, 3.05) is 18.2 Å². The highest BCUT2D eigenvalue weighted by Crippen LogP contribution is 2.33. The van der Waals surface area contributed by atoms with Gasteiger partial charge in [-0.3, -0.25) is 4.79 Å². The van der Waals surface area contributed by atoms with Gasteiger partial charge >= 0.3 is 0 Å². The third-order valence-corrected chi connectivity index (χ3v) is 5.67. The predicted molar refractivity (Wildman–Crippen MR) is 123 cm³/mol. The molecule has 0 aliphatic rings. The minimum atomic E-state index is -0.0653. The van der Waals surface area contributed by atoms with Gasteiger partial charge in [0.1, 0.15) is 0 Å². The van der Waals surface area contributed by atoms with E-state index < -0.39 is 0 Å². The van der Waals surface area contributed by atoms with Crippen molar-refractivity contribution >= 4 is 35.0 Å². The number of nitrogens with one attached hydrogen (secondary N) is 1. The molecule has 3 aromatic carbocycles. The van der Waals surface area contributed by atoms with Gasteiger partial charge in [-0.05, 0) is 46.7 Å². The molecular weight excluding hydrogens is 402 g/mol. The number of hydrogen-bond acceptors (Lipinski definition) is 3. The molecule has 0 saturated carbocycles. The van der Waals surface area contributed by atoms with Crippen LogP contribution in [0.2, 0.25) is 5.02 Å². The van der Waals surface area contributed by atoms with Crippen LogP contribution in [0.3, 0.4) is 0 Å². The van der Waals surface area contributed by atoms with Gasteiger partial charge in [-0.2, -0.15) is 0 Å². The maximum absolute atomic E-state index is 12.4. The molecule has 3 rings (SSSR count). The summed E-state index contributed by atoms with van der Waals surface area (Å²) in [6, 6.07) is 21.7. The lowest BCUT2D eigenvalue weighted by Crippen LogP contribution is -2.14. The van der Waals surface area contributed by atoms with Crippen molar-refractivity contribution in [2.45, 2.75) is 24.8 Å². The molecule has 29 heavy (non-hydrogen) atoms. The van der Waals surface area contributed by atoms with Crippen molar-refractivity contribution in [3.8, 4) is 11.1 Å². The molecule has 0 bridgehead atoms. The van der Waals surface area contributed by atoms with Crippen molar-refractivity contribution in [1.29, 1.82) is 0 Å². The van der Waals surface area contributed by atoms with Crippen LogP contribution < -0.4 is 5.32 Å². The molecule has 150 valence electrons. The highest BCUT2D eigenvalue weighted by atomic mass is 35.5. The van der Waals surface area contributed by atoms with Crippen molar-refractivity contribution in [3.63, 3.8) is 0 Å². The van der Waals surface area contributed by atoms with Gasteiger partial charge in [0.2, 0.25) is 5.91 Å². The van der Waals surface area contributed by atoms with Crippen molar-refractivity contribution in [2.24, 2.45) is 0 Å². The molecule has 3 nitrogen and oxygen atoms in total. The smallest absolute Gasteiger partial charge is 0.228 e. The molecule has 0 saturated heterocycles. The van der Waals surface area contributed by atoms with Gasteiger partial charge in [0, 0.05) is 23.3 Å². The quantitative estimate of drug-likeness (QED) is 0.421. The Morgan fingerprint density at radius 3 is 2.48 bits per heavy atom. The Balaban J connectivity index is 1.69. The van der Waals surface area contributed by atoms with Crippen LogP contribution in [0.15, 0.2) is 71.6 Å². The standard InChI is InChI=1S/C24H24ClNO2S/c1-3-29-20-11-8-17(9-12-20)14-24(27)26-19-10-13-22(23(25)15-19)21-7-5-4-6-18(21)16-28-2/h4-13,15H,3,14,16H2,1-2H3,(H,26,27). The Kier molecular flexibility index (Phi) is 7.76. The third kappa shape index (κ3) is 5.86. The lowest BCUT2D eigenvalue weighted by molar-refractivity contribution is -0.115. The maximum atomic E-state index is 12.4. The highest BCUT2D eigenvalue weighted by molar-refractivity contribution is 7.99. The van der Waals surface area contributed by atoms with E-state index in [-0.39, 0.29) is 5.91 Å². The molecule has 0 spiro atoms. The van der Waals surface area contributed by atoms with Crippen LogP contribution in [0.1, 0.15) is 18.1 Å². The van der Waals surface area contributed by atoms with Gasteiger partial charge in [-0.25, -0.2) is 0 Å². The fraction of sp³-hybridized carbons (Fsp3) is 0.208. The van der Waals surface area contributed by atoms with Gasteiger partial charge in [0.25, 0.3) is 0 Å². The van der Waals surface area contributed by atoms with E-state index >= 15 is 0 Å². The Morgan fingerprint density at radius 1 is 1.03 bits per heavy atom. The molecule has 0 radical (unpaired) electrons. The number of benzene rings is 3. The Labute approximate surface area is 181 Å². The summed E-state index contributed by atoms with van der Waals surface area (Å²) < 4.78 is 5.28. The Bertz CT molecular complexity index is 973. The van der Waals surface area contributed by atoms with Crippen LogP contribution in [-0.2, 0) is 22.6 Å². The topological polar surface area (TPSA) is 38.3 Å². The lowest BCUT2D eigenvalue weighted by Gasteiger charge is -2.12. The summed E-state index contributed by atoms with van der Waals surface area (Å²) in [6.45, 7) is 2.64. The molecule has 0 heterocycles. The molecule has 0 aromatic heterocycles. The average molecular weight is 426 g/mol. The number of thioether (sulfide) groups is 1. The fourth-order valence-corrected chi connectivity index (χ4v) is 4.08. The van der Waals surface area contributed by atoms with E-state index in [1.165, 1.54) is 4.90 Å². The molecule has 1 N–H and O–H groups in total. The number of ether oxygens (including phenoxy) is 1. The van der Waals surface area contributed by atoms with E-state index in [0.717, 1.165) is 28.0 Å². The van der Waals surface area contributed by atoms with Gasteiger partial charge < -0.3 is 10.1 Å². The lowest BCUT2D eigenvalue weighted by atomic mass is 9.99. The zero-order valence-corrected chi connectivity index (χ0v) is 18.1. The van der Waals surface area contributed by atoms with Crippen LogP contribution in [-0.4, -0.2) is 18.8 Å². The van der Waals surface area contributed by atoms with Gasteiger partial charge in [-0.1, -0.05) is 61.0 Å². The summed E-state index contributed by atoms with van der Waals surface area (Å²) in [7, 11) is 1.67. The highest BCUT2D eigenvalue weighted by Gasteiger charge is 2.11. The molecular formula is C24H24ClNO2S. The van der Waals surface area contributed by atoms with Gasteiger partial charge in [0.05, 0.1) is 18.1 Å². The second kappa shape index (κ2) is 10.5. The van der Waals surface area contributed by atoms with E-state index in [1.807, 2.05) is 48.5 Å². The zero-order valence-electron chi connectivity index (χ0n) is 16.6. The van der Waals surface area contributed by atoms with E-state index in [0.29, 0.717) is 23.7 Å². The SMILES string of the molecule is CCSc1ccc(CC(=O)Nc2ccc(-c3ccccc3COC)c(Cl)c2)cc1. The molecule has 5 heteroatoms. The summed E-state index contributed by atoms with van der Waals surface area (Å²) in [5, 5.41) is 3.53. The predicted octanol–water partition coefficient (Wildman–Crippen LogP) is 6.45. The van der Waals surface area contributed by atoms with Crippen LogP contribution in [0.5, 0.6) is 0 Å². The normalized spacial score (nSPS) is 10.7. The molecule has 0 fully saturated rings. The van der Waals surface area contributed by atoms with Crippen LogP contribution in [0.4, 0.5) is 5.69 Å². The van der Waals surface area contributed by atoms with E-state index in [9.17, 15) is 4.79 Å². The summed E-state index contributed by atoms with van der Waals surface area (Å²) in [4.78, 5) is 13.6. The molecule has 3 aromatic rings. The molecule has 0 unspecified atom stereocenters. The van der Waals surface area contributed by atoms with Crippen molar-refractivity contribution in [1.82, 2.24) is 0 Å². The molecule has 0 aliphatic heterocycles. The third-order valence-electron chi connectivity index (χ3n) is 4.46. The fourth-order valence-electron chi connectivity index (χ4n) is 3.14. The largest absolute Gasteiger partial charge is 0.380 e. The van der Waals surface area contributed by atoms with Crippen molar-refractivity contribution in [3.05, 3.63) is 82.9 Å². The first-order valence-corrected chi connectivity index (χ1v) is 10.9. The second-order valence-corrected chi connectivity index (χ2v) is 8.33. The first kappa shape index (κ1) is 21.4. The number of carbonyl (C=O) groups is 1. The van der Waals surface area contributed by atoms with Crippen LogP contribution >= 0.6 is 23.4 Å². The number of amides is 1. The number of halogens is 1. The number of rotatable bonds is 8. The second-order valence-electron chi connectivity index (χ2n) is 6.59. The number of hydrogen-bond donors (Lipinski definition) is 1. The summed E-state index contributed by atoms with van der Waals surface area (Å²) in [6.07, 6.45) is 0.327. The van der Waals surface area contributed by atoms with Crippen molar-refractivity contribution < 1.29 is 9.53 Å². The summed E-state index contributed by atoms with van der Waals surface area (Å²) in [5.41, 5.74) is 4.69. The van der Waals surface area contributed by atoms with Gasteiger partial charge in [-0.15, -0.1) is 11.8 Å². The first-order valence-electron chi connectivity index (χ1n) is 9.49. The zero-order chi connectivity index (χ0) is 20.6. The minimum absolute atomic E-state index is 0.0653. The summed E-state index contributed by atoms with van der Waals surface area (Å²) >= 11 is 8.32. The number of methoxy groups -OCH3 is 1. The van der Waals surface area contributed by atoms with E-state index in [2.05, 4.69) is 24.4 Å². The minimum Gasteiger partial charge on any atom is -0.380 e. The number of anilines is 1. The van der Waals surface area contributed by atoms with Gasteiger partial charge in [0.15, 0.2) is 0 Å². The van der Waals surface area contributed by atoms with Crippen LogP contribution in [0.25, 0.3) is 11.1 Å². The van der Waals surface area contributed by atoms with Crippen LogP contribution in [0, 0.1) is 0 Å². The van der Waals surface area contributed by atoms with E-state index in [4.69, 9.17) is 16.3 Å². The molecule has 0 aliphatic carbocycles. The Morgan fingerprint density at radius 2 is 1.79 bits per heavy atom. The monoisotopic (exact) mass is 425 g/mol. The van der Waals surface area contributed by atoms with E-state index in [1.54, 1.807) is 24.9 Å². The first-order chi connectivity index (χ1) is 14.1. The molecule has 1 amide bonds. The molecule has 0 atom stereocenters.